The lowest BCUT2D eigenvalue weighted by atomic mass is 10.0. The summed E-state index contributed by atoms with van der Waals surface area (Å²) in [6.45, 7) is 6.03. The van der Waals surface area contributed by atoms with Gasteiger partial charge in [-0.3, -0.25) is 4.79 Å². The number of hydrogen-bond donors (Lipinski definition) is 1. The molecule has 0 unspecified atom stereocenters. The van der Waals surface area contributed by atoms with Crippen LogP contribution in [0.25, 0.3) is 6.08 Å². The largest absolute Gasteiger partial charge is 0.507 e. The van der Waals surface area contributed by atoms with Crippen LogP contribution in [0.5, 0.6) is 11.5 Å². The summed E-state index contributed by atoms with van der Waals surface area (Å²) in [5, 5.41) is 9.93. The Hall–Kier alpha value is -2.55. The fraction of sp³-hybridized carbons (Fsp3) is 0.118. The van der Waals surface area contributed by atoms with Crippen LogP contribution in [0.1, 0.15) is 28.4 Å². The van der Waals surface area contributed by atoms with Gasteiger partial charge in [0, 0.05) is 11.6 Å². The van der Waals surface area contributed by atoms with E-state index in [1.165, 1.54) is 6.07 Å². The third-order valence-electron chi connectivity index (χ3n) is 2.93. The number of phenolic OH excluding ortho intramolecular Hbond substituents is 1. The van der Waals surface area contributed by atoms with Crippen LogP contribution >= 0.6 is 0 Å². The van der Waals surface area contributed by atoms with Crippen molar-refractivity contribution in [3.05, 3.63) is 65.7 Å². The lowest BCUT2D eigenvalue weighted by molar-refractivity contribution is 0.103. The van der Waals surface area contributed by atoms with Crippen LogP contribution in [0.2, 0.25) is 0 Å². The maximum atomic E-state index is 12.3. The molecule has 0 heterocycles. The third kappa shape index (κ3) is 2.88. The number of ether oxygens (including phenoxy) is 1. The van der Waals surface area contributed by atoms with Gasteiger partial charge in [0.2, 0.25) is 0 Å². The van der Waals surface area contributed by atoms with Gasteiger partial charge in [0.1, 0.15) is 11.5 Å². The number of hydrogen-bond acceptors (Lipinski definition) is 3. The van der Waals surface area contributed by atoms with E-state index < -0.39 is 0 Å². The topological polar surface area (TPSA) is 46.5 Å². The fourth-order valence-corrected chi connectivity index (χ4v) is 1.89. The molecule has 2 aromatic carbocycles. The smallest absolute Gasteiger partial charge is 0.196 e. The van der Waals surface area contributed by atoms with E-state index in [4.69, 9.17) is 4.74 Å². The molecule has 0 aromatic heterocycles. The summed E-state index contributed by atoms with van der Waals surface area (Å²) in [7, 11) is 0. The van der Waals surface area contributed by atoms with Gasteiger partial charge in [0.25, 0.3) is 0 Å². The van der Waals surface area contributed by atoms with Gasteiger partial charge in [-0.2, -0.15) is 0 Å². The van der Waals surface area contributed by atoms with Gasteiger partial charge < -0.3 is 9.84 Å². The van der Waals surface area contributed by atoms with Crippen LogP contribution in [0, 0.1) is 0 Å². The molecule has 0 aliphatic carbocycles. The lowest BCUT2D eigenvalue weighted by Crippen LogP contribution is -2.02. The highest BCUT2D eigenvalue weighted by Crippen LogP contribution is 2.26. The molecule has 2 rings (SSSR count). The molecule has 0 radical (unpaired) electrons. The molecule has 0 amide bonds. The minimum atomic E-state index is -0.221. The van der Waals surface area contributed by atoms with Gasteiger partial charge in [-0.05, 0) is 24.6 Å². The molecule has 2 aromatic rings. The normalized spacial score (nSPS) is 10.1. The van der Waals surface area contributed by atoms with E-state index in [1.807, 2.05) is 19.1 Å². The number of aromatic hydroxyl groups is 1. The van der Waals surface area contributed by atoms with Crippen LogP contribution in [-0.4, -0.2) is 17.5 Å². The third-order valence-corrected chi connectivity index (χ3v) is 2.93. The van der Waals surface area contributed by atoms with Gasteiger partial charge in [-0.25, -0.2) is 0 Å². The van der Waals surface area contributed by atoms with Crippen molar-refractivity contribution in [3.63, 3.8) is 0 Å². The Labute approximate surface area is 118 Å². The predicted molar refractivity (Wildman–Crippen MR) is 79.2 cm³/mol. The molecule has 3 heteroatoms. The standard InChI is InChI=1S/C17H16O3/c1-3-12-5-7-13(8-6-12)17(19)15-10-9-14(20-4-2)11-16(15)18/h3,5-11,18H,1,4H2,2H3. The highest BCUT2D eigenvalue weighted by atomic mass is 16.5. The van der Waals surface area contributed by atoms with Crippen LogP contribution < -0.4 is 4.74 Å². The molecule has 0 atom stereocenters. The molecule has 1 N–H and O–H groups in total. The second kappa shape index (κ2) is 6.06. The Bertz CT molecular complexity index is 627. The first kappa shape index (κ1) is 13.9. The fourth-order valence-electron chi connectivity index (χ4n) is 1.89. The van der Waals surface area contributed by atoms with E-state index >= 15 is 0 Å². The van der Waals surface area contributed by atoms with Crippen LogP contribution in [0.4, 0.5) is 0 Å². The van der Waals surface area contributed by atoms with Crippen molar-refractivity contribution in [3.8, 4) is 11.5 Å². The molecule has 102 valence electrons. The maximum absolute atomic E-state index is 12.3. The zero-order valence-electron chi connectivity index (χ0n) is 11.3. The van der Waals surface area contributed by atoms with Crippen molar-refractivity contribution in [2.24, 2.45) is 0 Å². The number of rotatable bonds is 5. The van der Waals surface area contributed by atoms with Crippen molar-refractivity contribution in [1.82, 2.24) is 0 Å². The number of carbonyl (C=O) groups is 1. The molecule has 3 nitrogen and oxygen atoms in total. The van der Waals surface area contributed by atoms with Gasteiger partial charge in [0.05, 0.1) is 12.2 Å². The van der Waals surface area contributed by atoms with Crippen molar-refractivity contribution in [2.45, 2.75) is 6.92 Å². The quantitative estimate of drug-likeness (QED) is 0.842. The average Bonchev–Trinajstić information content (AvgIpc) is 2.47. The average molecular weight is 268 g/mol. The van der Waals surface area contributed by atoms with Crippen LogP contribution in [-0.2, 0) is 0 Å². The number of benzene rings is 2. The molecule has 0 aliphatic heterocycles. The highest BCUT2D eigenvalue weighted by Gasteiger charge is 2.14. The second-order valence-corrected chi connectivity index (χ2v) is 4.27. The van der Waals surface area contributed by atoms with Gasteiger partial charge in [-0.15, -0.1) is 0 Å². The summed E-state index contributed by atoms with van der Waals surface area (Å²) >= 11 is 0. The monoisotopic (exact) mass is 268 g/mol. The number of phenols is 1. The summed E-state index contributed by atoms with van der Waals surface area (Å²) in [6, 6.07) is 11.8. The summed E-state index contributed by atoms with van der Waals surface area (Å²) in [4.78, 5) is 12.3. The maximum Gasteiger partial charge on any atom is 0.196 e. The van der Waals surface area contributed by atoms with E-state index in [1.54, 1.807) is 30.3 Å². The SMILES string of the molecule is C=Cc1ccc(C(=O)c2ccc(OCC)cc2O)cc1. The summed E-state index contributed by atoms with van der Waals surface area (Å²) in [6.07, 6.45) is 1.71. The Morgan fingerprint density at radius 1 is 1.25 bits per heavy atom. The zero-order valence-corrected chi connectivity index (χ0v) is 11.3. The lowest BCUT2D eigenvalue weighted by Gasteiger charge is -2.07. The Balaban J connectivity index is 2.30. The highest BCUT2D eigenvalue weighted by molar-refractivity contribution is 6.10. The number of carbonyl (C=O) groups excluding carboxylic acids is 1. The van der Waals surface area contributed by atoms with E-state index in [0.717, 1.165) is 5.56 Å². The Morgan fingerprint density at radius 2 is 1.95 bits per heavy atom. The first-order valence-electron chi connectivity index (χ1n) is 6.38. The van der Waals surface area contributed by atoms with Crippen molar-refractivity contribution in [1.29, 1.82) is 0 Å². The molecule has 0 aliphatic rings. The molecule has 0 saturated heterocycles. The summed E-state index contributed by atoms with van der Waals surface area (Å²) in [5.74, 6) is 0.249. The van der Waals surface area contributed by atoms with Crippen molar-refractivity contribution < 1.29 is 14.6 Å². The van der Waals surface area contributed by atoms with E-state index in [2.05, 4.69) is 6.58 Å². The zero-order chi connectivity index (χ0) is 14.5. The Morgan fingerprint density at radius 3 is 2.50 bits per heavy atom. The molecule has 0 fully saturated rings. The van der Waals surface area contributed by atoms with E-state index in [9.17, 15) is 9.90 Å². The predicted octanol–water partition coefficient (Wildman–Crippen LogP) is 3.66. The van der Waals surface area contributed by atoms with E-state index in [0.29, 0.717) is 17.9 Å². The summed E-state index contributed by atoms with van der Waals surface area (Å²) in [5.41, 5.74) is 1.73. The molecule has 0 saturated carbocycles. The molecule has 0 spiro atoms. The van der Waals surface area contributed by atoms with Crippen LogP contribution in [0.3, 0.4) is 0 Å². The first-order chi connectivity index (χ1) is 9.65. The minimum absolute atomic E-state index is 0.0752. The van der Waals surface area contributed by atoms with Gasteiger partial charge >= 0.3 is 0 Å². The number of ketones is 1. The minimum Gasteiger partial charge on any atom is -0.507 e. The summed E-state index contributed by atoms with van der Waals surface area (Å²) < 4.78 is 5.28. The second-order valence-electron chi connectivity index (χ2n) is 4.27. The molecule has 20 heavy (non-hydrogen) atoms. The first-order valence-corrected chi connectivity index (χ1v) is 6.38. The molecular weight excluding hydrogens is 252 g/mol. The molecule has 0 bridgehead atoms. The van der Waals surface area contributed by atoms with Crippen LogP contribution in [0.15, 0.2) is 49.0 Å². The Kier molecular flexibility index (Phi) is 4.20. The van der Waals surface area contributed by atoms with E-state index in [-0.39, 0.29) is 17.1 Å². The van der Waals surface area contributed by atoms with Crippen molar-refractivity contribution in [2.75, 3.05) is 6.61 Å². The van der Waals surface area contributed by atoms with Crippen molar-refractivity contribution >= 4 is 11.9 Å². The molecular formula is C17H16O3. The van der Waals surface area contributed by atoms with Gasteiger partial charge in [0.15, 0.2) is 5.78 Å². The van der Waals surface area contributed by atoms with Gasteiger partial charge in [-0.1, -0.05) is 36.9 Å².